The maximum atomic E-state index is 12.6. The number of nitrogens with two attached hydrogens (primary N) is 1. The van der Waals surface area contributed by atoms with Gasteiger partial charge in [-0.25, -0.2) is 0 Å². The van der Waals surface area contributed by atoms with Crippen LogP contribution in [0.4, 0.5) is 5.69 Å². The van der Waals surface area contributed by atoms with Crippen LogP contribution < -0.4 is 5.73 Å². The van der Waals surface area contributed by atoms with Crippen molar-refractivity contribution in [2.24, 2.45) is 0 Å². The lowest BCUT2D eigenvalue weighted by Crippen LogP contribution is -2.36. The number of nitrogens with one attached hydrogen (secondary N) is 1. The molecule has 3 N–H and O–H groups in total. The van der Waals surface area contributed by atoms with Gasteiger partial charge in [0.1, 0.15) is 5.69 Å². The van der Waals surface area contributed by atoms with E-state index in [0.29, 0.717) is 30.6 Å². The van der Waals surface area contributed by atoms with Crippen molar-refractivity contribution in [3.05, 3.63) is 30.0 Å². The number of carbonyl (C=O) groups is 1. The fraction of sp³-hybridized carbons (Fsp3) is 0.400. The molecule has 0 atom stereocenters. The third kappa shape index (κ3) is 2.36. The van der Waals surface area contributed by atoms with Gasteiger partial charge in [0.25, 0.3) is 5.91 Å². The average molecular weight is 273 g/mol. The molecule has 0 aliphatic heterocycles. The molecular formula is C15H19N3O2. The number of aromatic amines is 1. The number of nitrogen functional groups attached to an aromatic ring is 1. The molecular weight excluding hydrogens is 254 g/mol. The first-order valence-electron chi connectivity index (χ1n) is 6.88. The summed E-state index contributed by atoms with van der Waals surface area (Å²) in [5.41, 5.74) is 8.02. The van der Waals surface area contributed by atoms with Crippen molar-refractivity contribution >= 4 is 22.5 Å². The van der Waals surface area contributed by atoms with E-state index in [2.05, 4.69) is 4.98 Å². The number of methoxy groups -OCH3 is 1. The van der Waals surface area contributed by atoms with Gasteiger partial charge in [0.2, 0.25) is 0 Å². The van der Waals surface area contributed by atoms with Crippen molar-refractivity contribution < 1.29 is 9.53 Å². The van der Waals surface area contributed by atoms with E-state index in [0.717, 1.165) is 23.7 Å². The summed E-state index contributed by atoms with van der Waals surface area (Å²) in [4.78, 5) is 17.7. The van der Waals surface area contributed by atoms with E-state index in [-0.39, 0.29) is 5.91 Å². The Bertz CT molecular complexity index is 631. The number of rotatable bonds is 5. The first-order chi connectivity index (χ1) is 9.70. The molecule has 1 aliphatic carbocycles. The maximum absolute atomic E-state index is 12.6. The number of ether oxygens (including phenoxy) is 1. The maximum Gasteiger partial charge on any atom is 0.270 e. The second-order valence-electron chi connectivity index (χ2n) is 5.22. The highest BCUT2D eigenvalue weighted by atomic mass is 16.5. The first kappa shape index (κ1) is 13.0. The third-order valence-electron chi connectivity index (χ3n) is 3.70. The molecule has 0 bridgehead atoms. The number of benzene rings is 1. The number of anilines is 1. The number of para-hydroxylation sites is 1. The average Bonchev–Trinajstić information content (AvgIpc) is 3.17. The zero-order chi connectivity index (χ0) is 14.1. The van der Waals surface area contributed by atoms with E-state index in [1.165, 1.54) is 0 Å². The van der Waals surface area contributed by atoms with E-state index in [9.17, 15) is 4.79 Å². The van der Waals surface area contributed by atoms with Crippen molar-refractivity contribution in [3.63, 3.8) is 0 Å². The summed E-state index contributed by atoms with van der Waals surface area (Å²) >= 11 is 0. The van der Waals surface area contributed by atoms with Gasteiger partial charge in [-0.15, -0.1) is 0 Å². The van der Waals surface area contributed by atoms with Crippen molar-refractivity contribution in [2.45, 2.75) is 18.9 Å². The minimum Gasteiger partial charge on any atom is -0.397 e. The number of amides is 1. The van der Waals surface area contributed by atoms with E-state index >= 15 is 0 Å². The second-order valence-corrected chi connectivity index (χ2v) is 5.22. The normalized spacial score (nSPS) is 14.7. The molecule has 5 nitrogen and oxygen atoms in total. The molecule has 5 heteroatoms. The lowest BCUT2D eigenvalue weighted by atomic mass is 10.2. The quantitative estimate of drug-likeness (QED) is 0.818. The molecule has 106 valence electrons. The summed E-state index contributed by atoms with van der Waals surface area (Å²) in [5.74, 6) is 0.0279. The molecule has 0 radical (unpaired) electrons. The van der Waals surface area contributed by atoms with Gasteiger partial charge in [0.15, 0.2) is 0 Å². The minimum absolute atomic E-state index is 0.0279. The lowest BCUT2D eigenvalue weighted by Gasteiger charge is -2.21. The Labute approximate surface area is 117 Å². The van der Waals surface area contributed by atoms with E-state index in [1.54, 1.807) is 7.11 Å². The van der Waals surface area contributed by atoms with Crippen LogP contribution in [-0.2, 0) is 4.74 Å². The van der Waals surface area contributed by atoms with Crippen molar-refractivity contribution in [2.75, 3.05) is 26.0 Å². The van der Waals surface area contributed by atoms with Crippen molar-refractivity contribution in [3.8, 4) is 0 Å². The smallest absolute Gasteiger partial charge is 0.270 e. The highest BCUT2D eigenvalue weighted by Gasteiger charge is 2.33. The van der Waals surface area contributed by atoms with E-state index in [4.69, 9.17) is 10.5 Å². The molecule has 0 unspecified atom stereocenters. The number of fused-ring (bicyclic) bond motifs is 1. The molecule has 1 amide bonds. The molecule has 0 saturated heterocycles. The lowest BCUT2D eigenvalue weighted by molar-refractivity contribution is 0.0675. The molecule has 0 spiro atoms. The standard InChI is InChI=1S/C15H19N3O2/c1-20-8-7-18(11-5-6-11)15(19)13-9-10-3-2-4-12(16)14(10)17-13/h2-4,9,11,17H,5-8,16H2,1H3. The number of nitrogens with zero attached hydrogens (tertiary/aromatic N) is 1. The fourth-order valence-corrected chi connectivity index (χ4v) is 2.48. The Morgan fingerprint density at radius 2 is 2.30 bits per heavy atom. The van der Waals surface area contributed by atoms with Crippen LogP contribution in [0, 0.1) is 0 Å². The predicted molar refractivity (Wildman–Crippen MR) is 78.6 cm³/mol. The fourth-order valence-electron chi connectivity index (χ4n) is 2.48. The summed E-state index contributed by atoms with van der Waals surface area (Å²) < 4.78 is 5.09. The molecule has 1 fully saturated rings. The largest absolute Gasteiger partial charge is 0.397 e. The minimum atomic E-state index is 0.0279. The summed E-state index contributed by atoms with van der Waals surface area (Å²) in [5, 5.41) is 0.968. The van der Waals surface area contributed by atoms with Crippen LogP contribution in [0.15, 0.2) is 24.3 Å². The topological polar surface area (TPSA) is 71.3 Å². The number of aromatic nitrogens is 1. The Balaban J connectivity index is 1.88. The van der Waals surface area contributed by atoms with Gasteiger partial charge in [-0.3, -0.25) is 4.79 Å². The van der Waals surface area contributed by atoms with Crippen LogP contribution in [0.1, 0.15) is 23.3 Å². The summed E-state index contributed by atoms with van der Waals surface area (Å²) in [6, 6.07) is 7.91. The molecule has 20 heavy (non-hydrogen) atoms. The van der Waals surface area contributed by atoms with Crippen LogP contribution in [0.2, 0.25) is 0 Å². The number of H-pyrrole nitrogens is 1. The molecule has 3 rings (SSSR count). The zero-order valence-electron chi connectivity index (χ0n) is 11.6. The van der Waals surface area contributed by atoms with Gasteiger partial charge in [-0.1, -0.05) is 12.1 Å². The summed E-state index contributed by atoms with van der Waals surface area (Å²) in [6.45, 7) is 1.19. The Morgan fingerprint density at radius 3 is 2.95 bits per heavy atom. The first-order valence-corrected chi connectivity index (χ1v) is 6.88. The zero-order valence-corrected chi connectivity index (χ0v) is 11.6. The van der Waals surface area contributed by atoms with Gasteiger partial charge in [0, 0.05) is 25.1 Å². The van der Waals surface area contributed by atoms with Crippen LogP contribution in [-0.4, -0.2) is 42.1 Å². The van der Waals surface area contributed by atoms with Crippen LogP contribution >= 0.6 is 0 Å². The summed E-state index contributed by atoms with van der Waals surface area (Å²) in [6.07, 6.45) is 2.16. The number of carbonyl (C=O) groups excluding carboxylic acids is 1. The van der Waals surface area contributed by atoms with Gasteiger partial charge >= 0.3 is 0 Å². The SMILES string of the molecule is COCCN(C(=O)c1cc2cccc(N)c2[nH]1)C1CC1. The van der Waals surface area contributed by atoms with E-state index in [1.807, 2.05) is 29.2 Å². The third-order valence-corrected chi connectivity index (χ3v) is 3.70. The molecule has 1 aliphatic rings. The molecule has 1 heterocycles. The molecule has 1 aromatic carbocycles. The van der Waals surface area contributed by atoms with Gasteiger partial charge < -0.3 is 20.4 Å². The van der Waals surface area contributed by atoms with Crippen molar-refractivity contribution in [1.29, 1.82) is 0 Å². The monoisotopic (exact) mass is 273 g/mol. The highest BCUT2D eigenvalue weighted by Crippen LogP contribution is 2.29. The van der Waals surface area contributed by atoms with Gasteiger partial charge in [-0.2, -0.15) is 0 Å². The van der Waals surface area contributed by atoms with Crippen LogP contribution in [0.5, 0.6) is 0 Å². The van der Waals surface area contributed by atoms with Crippen LogP contribution in [0.25, 0.3) is 10.9 Å². The Kier molecular flexibility index (Phi) is 3.36. The number of hydrogen-bond acceptors (Lipinski definition) is 3. The highest BCUT2D eigenvalue weighted by molar-refractivity contribution is 6.01. The van der Waals surface area contributed by atoms with E-state index < -0.39 is 0 Å². The molecule has 2 aromatic rings. The Morgan fingerprint density at radius 1 is 1.50 bits per heavy atom. The number of hydrogen-bond donors (Lipinski definition) is 2. The summed E-state index contributed by atoms with van der Waals surface area (Å²) in [7, 11) is 1.65. The van der Waals surface area contributed by atoms with Gasteiger partial charge in [-0.05, 0) is 25.0 Å². The molecule has 1 aromatic heterocycles. The Hall–Kier alpha value is -2.01. The van der Waals surface area contributed by atoms with Gasteiger partial charge in [0.05, 0.1) is 17.8 Å². The predicted octanol–water partition coefficient (Wildman–Crippen LogP) is 2.00. The second kappa shape index (κ2) is 5.17. The van der Waals surface area contributed by atoms with Crippen LogP contribution in [0.3, 0.4) is 0 Å². The van der Waals surface area contributed by atoms with Crippen molar-refractivity contribution in [1.82, 2.24) is 9.88 Å². The molecule has 1 saturated carbocycles.